The molecular weight excluding hydrogens is 236 g/mol. The van der Waals surface area contributed by atoms with Crippen molar-refractivity contribution in [3.63, 3.8) is 0 Å². The van der Waals surface area contributed by atoms with Crippen LogP contribution in [0.4, 0.5) is 0 Å². The molecule has 0 amide bonds. The predicted molar refractivity (Wildman–Crippen MR) is 78.0 cm³/mol. The number of phenolic OH excluding ortho intramolecular Hbond substituents is 2. The molecule has 2 nitrogen and oxygen atoms in total. The zero-order valence-corrected chi connectivity index (χ0v) is 11.9. The number of aryl methyl sites for hydroxylation is 3. The molecule has 19 heavy (non-hydrogen) atoms. The van der Waals surface area contributed by atoms with Gasteiger partial charge in [-0.25, -0.2) is 0 Å². The van der Waals surface area contributed by atoms with Gasteiger partial charge in [0.25, 0.3) is 0 Å². The maximum absolute atomic E-state index is 10.2. The summed E-state index contributed by atoms with van der Waals surface area (Å²) in [5, 5.41) is 20.2. The monoisotopic (exact) mass is 256 g/mol. The average Bonchev–Trinajstić information content (AvgIpc) is 2.36. The van der Waals surface area contributed by atoms with E-state index in [4.69, 9.17) is 0 Å². The number of aromatic hydroxyl groups is 2. The number of benzene rings is 2. The molecule has 0 aliphatic heterocycles. The Morgan fingerprint density at radius 1 is 0.895 bits per heavy atom. The Labute approximate surface area is 114 Å². The molecule has 0 unspecified atom stereocenters. The Bertz CT molecular complexity index is 601. The van der Waals surface area contributed by atoms with Crippen LogP contribution < -0.4 is 0 Å². The Balaban J connectivity index is 2.52. The molecule has 0 aliphatic rings. The Kier molecular flexibility index (Phi) is 3.52. The average molecular weight is 256 g/mol. The van der Waals surface area contributed by atoms with Crippen molar-refractivity contribution >= 4 is 0 Å². The summed E-state index contributed by atoms with van der Waals surface area (Å²) < 4.78 is 0. The molecule has 0 radical (unpaired) electrons. The van der Waals surface area contributed by atoms with E-state index in [2.05, 4.69) is 0 Å². The van der Waals surface area contributed by atoms with Crippen LogP contribution in [-0.2, 0) is 6.42 Å². The fourth-order valence-electron chi connectivity index (χ4n) is 2.42. The number of hydrogen-bond acceptors (Lipinski definition) is 2. The highest BCUT2D eigenvalue weighted by Gasteiger charge is 2.13. The first-order chi connectivity index (χ1) is 8.90. The van der Waals surface area contributed by atoms with Crippen molar-refractivity contribution in [2.24, 2.45) is 0 Å². The molecule has 2 aromatic rings. The molecule has 0 bridgehead atoms. The first-order valence-corrected chi connectivity index (χ1v) is 6.47. The van der Waals surface area contributed by atoms with Crippen LogP contribution in [0, 0.1) is 27.7 Å². The van der Waals surface area contributed by atoms with Gasteiger partial charge in [-0.15, -0.1) is 0 Å². The van der Waals surface area contributed by atoms with Gasteiger partial charge in [0.1, 0.15) is 11.5 Å². The van der Waals surface area contributed by atoms with Crippen LogP contribution in [0.15, 0.2) is 24.3 Å². The summed E-state index contributed by atoms with van der Waals surface area (Å²) in [6.07, 6.45) is 0.549. The van der Waals surface area contributed by atoms with Gasteiger partial charge in [0, 0.05) is 12.0 Å². The van der Waals surface area contributed by atoms with Crippen LogP contribution in [0.5, 0.6) is 11.5 Å². The second-order valence-corrected chi connectivity index (χ2v) is 5.27. The first kappa shape index (κ1) is 13.5. The lowest BCUT2D eigenvalue weighted by Crippen LogP contribution is -1.98. The van der Waals surface area contributed by atoms with E-state index in [9.17, 15) is 10.2 Å². The topological polar surface area (TPSA) is 40.5 Å². The van der Waals surface area contributed by atoms with Crippen LogP contribution in [0.1, 0.15) is 33.4 Å². The largest absolute Gasteiger partial charge is 0.508 e. The van der Waals surface area contributed by atoms with E-state index in [-0.39, 0.29) is 5.75 Å². The highest BCUT2D eigenvalue weighted by Crippen LogP contribution is 2.32. The van der Waals surface area contributed by atoms with E-state index >= 15 is 0 Å². The van der Waals surface area contributed by atoms with E-state index in [0.717, 1.165) is 33.4 Å². The highest BCUT2D eigenvalue weighted by atomic mass is 16.3. The van der Waals surface area contributed by atoms with Gasteiger partial charge in [0.2, 0.25) is 0 Å². The summed E-state index contributed by atoms with van der Waals surface area (Å²) in [7, 11) is 0. The van der Waals surface area contributed by atoms with E-state index < -0.39 is 0 Å². The van der Waals surface area contributed by atoms with Gasteiger partial charge in [0.05, 0.1) is 0 Å². The quantitative estimate of drug-likeness (QED) is 0.855. The van der Waals surface area contributed by atoms with Crippen LogP contribution in [0.25, 0.3) is 0 Å². The summed E-state index contributed by atoms with van der Waals surface area (Å²) in [5.41, 5.74) is 5.99. The molecule has 2 heteroatoms. The molecular formula is C17H20O2. The molecule has 0 aromatic heterocycles. The Hall–Kier alpha value is -1.96. The predicted octanol–water partition coefficient (Wildman–Crippen LogP) is 3.92. The van der Waals surface area contributed by atoms with Gasteiger partial charge in [-0.1, -0.05) is 23.8 Å². The van der Waals surface area contributed by atoms with Gasteiger partial charge < -0.3 is 10.2 Å². The molecule has 0 atom stereocenters. The smallest absolute Gasteiger partial charge is 0.122 e. The third-order valence-electron chi connectivity index (χ3n) is 3.74. The summed E-state index contributed by atoms with van der Waals surface area (Å²) in [4.78, 5) is 0. The minimum Gasteiger partial charge on any atom is -0.508 e. The van der Waals surface area contributed by atoms with Gasteiger partial charge in [-0.2, -0.15) is 0 Å². The van der Waals surface area contributed by atoms with Gasteiger partial charge in [-0.3, -0.25) is 0 Å². The lowest BCUT2D eigenvalue weighted by atomic mass is 9.93. The molecule has 0 spiro atoms. The minimum absolute atomic E-state index is 0.281. The van der Waals surface area contributed by atoms with E-state index in [1.54, 1.807) is 6.07 Å². The number of rotatable bonds is 2. The van der Waals surface area contributed by atoms with Crippen molar-refractivity contribution in [2.45, 2.75) is 34.1 Å². The Morgan fingerprint density at radius 3 is 2.26 bits per heavy atom. The summed E-state index contributed by atoms with van der Waals surface area (Å²) in [5.74, 6) is 0.618. The normalized spacial score (nSPS) is 10.7. The van der Waals surface area contributed by atoms with E-state index in [1.807, 2.05) is 45.9 Å². The second-order valence-electron chi connectivity index (χ2n) is 5.27. The third kappa shape index (κ3) is 2.58. The zero-order chi connectivity index (χ0) is 14.2. The van der Waals surface area contributed by atoms with Crippen molar-refractivity contribution in [1.29, 1.82) is 0 Å². The Morgan fingerprint density at radius 2 is 1.58 bits per heavy atom. The van der Waals surface area contributed by atoms with Crippen LogP contribution >= 0.6 is 0 Å². The van der Waals surface area contributed by atoms with Crippen LogP contribution in [0.2, 0.25) is 0 Å². The lowest BCUT2D eigenvalue weighted by Gasteiger charge is -2.15. The van der Waals surface area contributed by atoms with Gasteiger partial charge in [0.15, 0.2) is 0 Å². The molecule has 0 aliphatic carbocycles. The molecule has 2 aromatic carbocycles. The zero-order valence-electron chi connectivity index (χ0n) is 11.9. The number of hydrogen-bond donors (Lipinski definition) is 2. The van der Waals surface area contributed by atoms with E-state index in [0.29, 0.717) is 12.2 Å². The molecule has 100 valence electrons. The number of phenols is 2. The van der Waals surface area contributed by atoms with Gasteiger partial charge in [-0.05, 0) is 56.0 Å². The van der Waals surface area contributed by atoms with Crippen LogP contribution in [0.3, 0.4) is 0 Å². The molecule has 2 N–H and O–H groups in total. The van der Waals surface area contributed by atoms with Gasteiger partial charge >= 0.3 is 0 Å². The van der Waals surface area contributed by atoms with Crippen molar-refractivity contribution in [3.05, 3.63) is 57.6 Å². The van der Waals surface area contributed by atoms with E-state index in [1.165, 1.54) is 0 Å². The lowest BCUT2D eigenvalue weighted by molar-refractivity contribution is 0.459. The molecule has 0 fully saturated rings. The molecule has 2 rings (SSSR count). The maximum atomic E-state index is 10.2. The van der Waals surface area contributed by atoms with Crippen LogP contribution in [-0.4, -0.2) is 10.2 Å². The molecule has 0 heterocycles. The maximum Gasteiger partial charge on any atom is 0.122 e. The third-order valence-corrected chi connectivity index (χ3v) is 3.74. The summed E-state index contributed by atoms with van der Waals surface area (Å²) in [6.45, 7) is 7.95. The standard InChI is InChI=1S/C17H20O2/c1-10-5-6-16(18)14(7-10)9-15-13(4)11(2)8-12(3)17(15)19/h5-8,18-19H,9H2,1-4H3. The molecule has 0 saturated heterocycles. The second kappa shape index (κ2) is 4.96. The first-order valence-electron chi connectivity index (χ1n) is 6.47. The van der Waals surface area contributed by atoms with Crippen molar-refractivity contribution in [3.8, 4) is 11.5 Å². The SMILES string of the molecule is Cc1ccc(O)c(Cc2c(C)c(C)cc(C)c2O)c1. The fraction of sp³-hybridized carbons (Fsp3) is 0.294. The fourth-order valence-corrected chi connectivity index (χ4v) is 2.42. The van der Waals surface area contributed by atoms with Crippen molar-refractivity contribution < 1.29 is 10.2 Å². The molecule has 0 saturated carbocycles. The van der Waals surface area contributed by atoms with Crippen molar-refractivity contribution in [1.82, 2.24) is 0 Å². The highest BCUT2D eigenvalue weighted by molar-refractivity contribution is 5.52. The minimum atomic E-state index is 0.281. The van der Waals surface area contributed by atoms with Crippen molar-refractivity contribution in [2.75, 3.05) is 0 Å². The summed E-state index contributed by atoms with van der Waals surface area (Å²) >= 11 is 0. The summed E-state index contributed by atoms with van der Waals surface area (Å²) in [6, 6.07) is 7.54.